The molecule has 3 rings (SSSR count). The lowest BCUT2D eigenvalue weighted by Gasteiger charge is -2.08. The summed E-state index contributed by atoms with van der Waals surface area (Å²) < 4.78 is 1.32. The number of amides is 2. The second kappa shape index (κ2) is 7.74. The van der Waals surface area contributed by atoms with Crippen molar-refractivity contribution in [2.75, 3.05) is 0 Å². The number of nitrogens with zero attached hydrogens (tertiary/aromatic N) is 3. The van der Waals surface area contributed by atoms with Crippen LogP contribution in [-0.2, 0) is 11.3 Å². The highest BCUT2D eigenvalue weighted by molar-refractivity contribution is 7.16. The first-order valence-electron chi connectivity index (χ1n) is 7.72. The molecule has 0 saturated carbocycles. The molecule has 10 nitrogen and oxygen atoms in total. The van der Waals surface area contributed by atoms with E-state index in [9.17, 15) is 24.5 Å². The molecule has 1 aromatic carbocycles. The van der Waals surface area contributed by atoms with Crippen molar-refractivity contribution < 1.29 is 14.5 Å². The highest BCUT2D eigenvalue weighted by Crippen LogP contribution is 2.13. The van der Waals surface area contributed by atoms with Crippen molar-refractivity contribution in [1.82, 2.24) is 20.4 Å². The molecule has 0 radical (unpaired) electrons. The summed E-state index contributed by atoms with van der Waals surface area (Å²) in [5.41, 5.74) is 3.95. The molecule has 0 bridgehead atoms. The van der Waals surface area contributed by atoms with Gasteiger partial charge in [0.1, 0.15) is 4.83 Å². The van der Waals surface area contributed by atoms with Crippen LogP contribution < -0.4 is 16.4 Å². The van der Waals surface area contributed by atoms with E-state index in [0.29, 0.717) is 10.2 Å². The summed E-state index contributed by atoms with van der Waals surface area (Å²) in [5, 5.41) is 13.0. The van der Waals surface area contributed by atoms with Crippen LogP contribution in [0.1, 0.15) is 16.8 Å². The molecule has 2 aromatic heterocycles. The standard InChI is InChI=1S/C16H13N5O5S/c22-13(4-6-20-9-17-15-12(16(20)24)5-7-27-15)18-19-14(23)10-2-1-3-11(8-10)21(25)26/h1-3,5,7-9H,4,6H2,(H,18,22)(H,19,23). The molecular weight excluding hydrogens is 374 g/mol. The van der Waals surface area contributed by atoms with Crippen LogP contribution in [0.25, 0.3) is 10.2 Å². The van der Waals surface area contributed by atoms with Crippen LogP contribution in [0, 0.1) is 10.1 Å². The second-order valence-electron chi connectivity index (χ2n) is 5.44. The molecule has 0 saturated heterocycles. The Morgan fingerprint density at radius 2 is 2.07 bits per heavy atom. The topological polar surface area (TPSA) is 136 Å². The molecule has 0 spiro atoms. The van der Waals surface area contributed by atoms with Gasteiger partial charge in [-0.25, -0.2) is 4.98 Å². The van der Waals surface area contributed by atoms with Crippen molar-refractivity contribution in [2.45, 2.75) is 13.0 Å². The number of benzene rings is 1. The quantitative estimate of drug-likeness (QED) is 0.499. The van der Waals surface area contributed by atoms with E-state index in [-0.39, 0.29) is 29.8 Å². The monoisotopic (exact) mass is 387 g/mol. The first kappa shape index (κ1) is 18.2. The van der Waals surface area contributed by atoms with Crippen molar-refractivity contribution in [2.24, 2.45) is 0 Å². The third-order valence-electron chi connectivity index (χ3n) is 3.66. The zero-order valence-electron chi connectivity index (χ0n) is 13.7. The van der Waals surface area contributed by atoms with Crippen LogP contribution in [0.2, 0.25) is 0 Å². The Labute approximate surface area is 155 Å². The van der Waals surface area contributed by atoms with E-state index in [0.717, 1.165) is 6.07 Å². The van der Waals surface area contributed by atoms with Gasteiger partial charge in [0.05, 0.1) is 16.6 Å². The maximum Gasteiger partial charge on any atom is 0.270 e. The highest BCUT2D eigenvalue weighted by Gasteiger charge is 2.12. The van der Waals surface area contributed by atoms with Gasteiger partial charge < -0.3 is 0 Å². The lowest BCUT2D eigenvalue weighted by molar-refractivity contribution is -0.384. The molecule has 0 aliphatic heterocycles. The Morgan fingerprint density at radius 3 is 2.85 bits per heavy atom. The normalized spacial score (nSPS) is 10.5. The minimum atomic E-state index is -0.689. The summed E-state index contributed by atoms with van der Waals surface area (Å²) in [6, 6.07) is 6.78. The number of nitrogens with one attached hydrogen (secondary N) is 2. The minimum absolute atomic E-state index is 0.0350. The van der Waals surface area contributed by atoms with Crippen molar-refractivity contribution in [1.29, 1.82) is 0 Å². The molecule has 2 amide bonds. The third-order valence-corrected chi connectivity index (χ3v) is 4.49. The Morgan fingerprint density at radius 1 is 1.26 bits per heavy atom. The molecule has 3 aromatic rings. The Kier molecular flexibility index (Phi) is 5.22. The van der Waals surface area contributed by atoms with Gasteiger partial charge in [-0.05, 0) is 17.5 Å². The van der Waals surface area contributed by atoms with E-state index >= 15 is 0 Å². The van der Waals surface area contributed by atoms with E-state index in [2.05, 4.69) is 15.8 Å². The van der Waals surface area contributed by atoms with Crippen LogP contribution in [0.4, 0.5) is 5.69 Å². The minimum Gasteiger partial charge on any atom is -0.298 e. The fourth-order valence-corrected chi connectivity index (χ4v) is 3.02. The average molecular weight is 387 g/mol. The second-order valence-corrected chi connectivity index (χ2v) is 6.34. The maximum atomic E-state index is 12.2. The molecule has 0 aliphatic carbocycles. The molecule has 0 unspecified atom stereocenters. The van der Waals surface area contributed by atoms with Gasteiger partial charge in [-0.2, -0.15) is 0 Å². The number of hydrazine groups is 1. The Balaban J connectivity index is 1.55. The number of aryl methyl sites for hydroxylation is 1. The SMILES string of the molecule is O=C(CCn1cnc2sccc2c1=O)NNC(=O)c1cccc([N+](=O)[O-])c1. The molecule has 2 N–H and O–H groups in total. The Bertz CT molecular complexity index is 1090. The van der Waals surface area contributed by atoms with Crippen LogP contribution >= 0.6 is 11.3 Å². The van der Waals surface area contributed by atoms with Crippen molar-refractivity contribution in [3.8, 4) is 0 Å². The van der Waals surface area contributed by atoms with Crippen molar-refractivity contribution >= 4 is 39.1 Å². The van der Waals surface area contributed by atoms with E-state index in [1.807, 2.05) is 0 Å². The number of aromatic nitrogens is 2. The van der Waals surface area contributed by atoms with E-state index in [1.54, 1.807) is 11.4 Å². The van der Waals surface area contributed by atoms with Crippen LogP contribution in [0.5, 0.6) is 0 Å². The van der Waals surface area contributed by atoms with Gasteiger partial charge in [0.25, 0.3) is 17.2 Å². The molecule has 0 aliphatic rings. The lowest BCUT2D eigenvalue weighted by atomic mass is 10.2. The highest BCUT2D eigenvalue weighted by atomic mass is 32.1. The molecular formula is C16H13N5O5S. The zero-order valence-corrected chi connectivity index (χ0v) is 14.6. The molecule has 11 heteroatoms. The van der Waals surface area contributed by atoms with E-state index in [1.165, 1.54) is 40.4 Å². The number of rotatable bonds is 5. The average Bonchev–Trinajstić information content (AvgIpc) is 3.15. The molecule has 2 heterocycles. The molecule has 27 heavy (non-hydrogen) atoms. The number of carbonyl (C=O) groups is 2. The lowest BCUT2D eigenvalue weighted by Crippen LogP contribution is -2.42. The smallest absolute Gasteiger partial charge is 0.270 e. The first-order valence-corrected chi connectivity index (χ1v) is 8.60. The fraction of sp³-hybridized carbons (Fsp3) is 0.125. The van der Waals surface area contributed by atoms with Crippen molar-refractivity contribution in [3.05, 3.63) is 68.1 Å². The predicted octanol–water partition coefficient (Wildman–Crippen LogP) is 1.22. The zero-order chi connectivity index (χ0) is 19.4. The van der Waals surface area contributed by atoms with Gasteiger partial charge in [-0.1, -0.05) is 6.07 Å². The number of nitro benzene ring substituents is 1. The summed E-state index contributed by atoms with van der Waals surface area (Å²) in [4.78, 5) is 50.9. The Hall–Kier alpha value is -3.60. The number of carbonyl (C=O) groups excluding carboxylic acids is 2. The van der Waals surface area contributed by atoms with Gasteiger partial charge in [0.15, 0.2) is 0 Å². The summed E-state index contributed by atoms with van der Waals surface area (Å²) in [7, 11) is 0. The van der Waals surface area contributed by atoms with E-state index in [4.69, 9.17) is 0 Å². The molecule has 138 valence electrons. The van der Waals surface area contributed by atoms with Crippen LogP contribution in [0.15, 0.2) is 46.8 Å². The maximum absolute atomic E-state index is 12.2. The number of nitro groups is 1. The fourth-order valence-electron chi connectivity index (χ4n) is 2.30. The van der Waals surface area contributed by atoms with Gasteiger partial charge in [-0.3, -0.25) is 39.9 Å². The number of thiophene rings is 1. The third kappa shape index (κ3) is 4.15. The van der Waals surface area contributed by atoms with Gasteiger partial charge in [0, 0.05) is 30.7 Å². The van der Waals surface area contributed by atoms with Gasteiger partial charge in [-0.15, -0.1) is 11.3 Å². The van der Waals surface area contributed by atoms with Crippen LogP contribution in [-0.4, -0.2) is 26.3 Å². The number of fused-ring (bicyclic) bond motifs is 1. The van der Waals surface area contributed by atoms with Gasteiger partial charge in [0.2, 0.25) is 5.91 Å². The summed E-state index contributed by atoms with van der Waals surface area (Å²) in [6.07, 6.45) is 1.31. The van der Waals surface area contributed by atoms with Crippen LogP contribution in [0.3, 0.4) is 0 Å². The van der Waals surface area contributed by atoms with Crippen molar-refractivity contribution in [3.63, 3.8) is 0 Å². The van der Waals surface area contributed by atoms with E-state index < -0.39 is 16.7 Å². The molecule has 0 fully saturated rings. The number of non-ortho nitro benzene ring substituents is 1. The summed E-state index contributed by atoms with van der Waals surface area (Å²) in [6.45, 7) is 0.0934. The predicted molar refractivity (Wildman–Crippen MR) is 97.2 cm³/mol. The summed E-state index contributed by atoms with van der Waals surface area (Å²) >= 11 is 1.35. The number of hydrogen-bond donors (Lipinski definition) is 2. The largest absolute Gasteiger partial charge is 0.298 e. The first-order chi connectivity index (χ1) is 13.0. The van der Waals surface area contributed by atoms with Gasteiger partial charge >= 0.3 is 0 Å². The molecule has 0 atom stereocenters. The summed E-state index contributed by atoms with van der Waals surface area (Å²) in [5.74, 6) is -1.21. The number of hydrogen-bond acceptors (Lipinski definition) is 7.